The molecule has 98 valence electrons. The average Bonchev–Trinajstić information content (AvgIpc) is 2.40. The minimum absolute atomic E-state index is 0.0810. The number of pyridine rings is 1. The molecule has 2 rings (SSSR count). The second kappa shape index (κ2) is 6.47. The Hall–Kier alpha value is -1.46. The summed E-state index contributed by atoms with van der Waals surface area (Å²) in [6.07, 6.45) is 2.55. The summed E-state index contributed by atoms with van der Waals surface area (Å²) in [6, 6.07) is 5.73. The van der Waals surface area contributed by atoms with E-state index in [1.54, 1.807) is 6.20 Å². The van der Waals surface area contributed by atoms with Crippen molar-refractivity contribution in [2.24, 2.45) is 0 Å². The van der Waals surface area contributed by atoms with Crippen LogP contribution in [0.25, 0.3) is 0 Å². The number of nitrogens with one attached hydrogen (secondary N) is 2. The van der Waals surface area contributed by atoms with Crippen molar-refractivity contribution in [3.8, 4) is 0 Å². The molecule has 0 saturated carbocycles. The number of likely N-dealkylation sites (N-methyl/N-ethyl adjacent to an activating group) is 1. The molecule has 18 heavy (non-hydrogen) atoms. The minimum Gasteiger partial charge on any atom is -0.354 e. The van der Waals surface area contributed by atoms with E-state index in [0.29, 0.717) is 6.54 Å². The minimum atomic E-state index is -0.0903. The van der Waals surface area contributed by atoms with Gasteiger partial charge in [-0.05, 0) is 19.2 Å². The third-order valence-electron chi connectivity index (χ3n) is 3.10. The summed E-state index contributed by atoms with van der Waals surface area (Å²) < 4.78 is 0. The molecule has 1 aromatic heterocycles. The van der Waals surface area contributed by atoms with Crippen LogP contribution in [0.3, 0.4) is 0 Å². The van der Waals surface area contributed by atoms with E-state index in [2.05, 4.69) is 20.5 Å². The summed E-state index contributed by atoms with van der Waals surface area (Å²) in [5.41, 5.74) is 1.01. The molecule has 1 aromatic rings. The van der Waals surface area contributed by atoms with Gasteiger partial charge in [0, 0.05) is 44.5 Å². The lowest BCUT2D eigenvalue weighted by molar-refractivity contribution is -0.124. The lowest BCUT2D eigenvalue weighted by Crippen LogP contribution is -2.56. The standard InChI is InChI=1S/C13H20N4O/c1-17-9-8-15-12(10-17)13(18)16-7-5-11-4-2-3-6-14-11/h2-4,6,12,15H,5,7-10H2,1H3,(H,16,18). The number of rotatable bonds is 4. The molecule has 1 atom stereocenters. The van der Waals surface area contributed by atoms with E-state index in [1.807, 2.05) is 25.2 Å². The van der Waals surface area contributed by atoms with Crippen molar-refractivity contribution in [1.29, 1.82) is 0 Å². The van der Waals surface area contributed by atoms with Gasteiger partial charge in [0.2, 0.25) is 5.91 Å². The van der Waals surface area contributed by atoms with Gasteiger partial charge in [-0.1, -0.05) is 6.07 Å². The van der Waals surface area contributed by atoms with Crippen LogP contribution in [0, 0.1) is 0 Å². The van der Waals surface area contributed by atoms with E-state index in [0.717, 1.165) is 31.7 Å². The van der Waals surface area contributed by atoms with Crippen molar-refractivity contribution in [3.05, 3.63) is 30.1 Å². The summed E-state index contributed by atoms with van der Waals surface area (Å²) in [5.74, 6) is 0.0810. The number of nitrogens with zero attached hydrogens (tertiary/aromatic N) is 2. The van der Waals surface area contributed by atoms with Gasteiger partial charge in [-0.3, -0.25) is 9.78 Å². The Kier molecular flexibility index (Phi) is 4.66. The Labute approximate surface area is 108 Å². The summed E-state index contributed by atoms with van der Waals surface area (Å²) in [6.45, 7) is 3.28. The number of hydrogen-bond donors (Lipinski definition) is 2. The SMILES string of the molecule is CN1CCNC(C(=O)NCCc2ccccn2)C1. The first kappa shape index (κ1) is 13.0. The largest absolute Gasteiger partial charge is 0.354 e. The molecule has 2 N–H and O–H groups in total. The number of piperazine rings is 1. The predicted molar refractivity (Wildman–Crippen MR) is 70.2 cm³/mol. The summed E-state index contributed by atoms with van der Waals surface area (Å²) >= 11 is 0. The normalized spacial score (nSPS) is 20.6. The Balaban J connectivity index is 1.71. The van der Waals surface area contributed by atoms with Crippen LogP contribution < -0.4 is 10.6 Å². The molecule has 1 fully saturated rings. The number of carbonyl (C=O) groups is 1. The first-order valence-electron chi connectivity index (χ1n) is 6.35. The molecule has 0 bridgehead atoms. The van der Waals surface area contributed by atoms with E-state index < -0.39 is 0 Å². The Morgan fingerprint density at radius 2 is 2.50 bits per heavy atom. The van der Waals surface area contributed by atoms with Gasteiger partial charge in [0.05, 0.1) is 6.04 Å². The first-order valence-corrected chi connectivity index (χ1v) is 6.35. The van der Waals surface area contributed by atoms with Gasteiger partial charge in [-0.2, -0.15) is 0 Å². The first-order chi connectivity index (χ1) is 8.75. The van der Waals surface area contributed by atoms with Gasteiger partial charge in [-0.15, -0.1) is 0 Å². The molecule has 5 heteroatoms. The van der Waals surface area contributed by atoms with Crippen molar-refractivity contribution < 1.29 is 4.79 Å². The molecule has 1 amide bonds. The van der Waals surface area contributed by atoms with E-state index in [-0.39, 0.29) is 11.9 Å². The van der Waals surface area contributed by atoms with E-state index in [1.165, 1.54) is 0 Å². The summed E-state index contributed by atoms with van der Waals surface area (Å²) in [5, 5.41) is 6.18. The zero-order valence-corrected chi connectivity index (χ0v) is 10.7. The quantitative estimate of drug-likeness (QED) is 0.764. The maximum Gasteiger partial charge on any atom is 0.238 e. The highest BCUT2D eigenvalue weighted by Gasteiger charge is 2.22. The molecule has 5 nitrogen and oxygen atoms in total. The Bertz CT molecular complexity index is 382. The number of aromatic nitrogens is 1. The fraction of sp³-hybridized carbons (Fsp3) is 0.538. The molecular weight excluding hydrogens is 228 g/mol. The molecule has 0 aromatic carbocycles. The maximum absolute atomic E-state index is 11.9. The monoisotopic (exact) mass is 248 g/mol. The van der Waals surface area contributed by atoms with Gasteiger partial charge in [0.25, 0.3) is 0 Å². The second-order valence-electron chi connectivity index (χ2n) is 4.63. The molecular formula is C13H20N4O. The zero-order chi connectivity index (χ0) is 12.8. The highest BCUT2D eigenvalue weighted by atomic mass is 16.2. The van der Waals surface area contributed by atoms with Gasteiger partial charge in [-0.25, -0.2) is 0 Å². The van der Waals surface area contributed by atoms with Crippen LogP contribution in [0.4, 0.5) is 0 Å². The number of amides is 1. The third kappa shape index (κ3) is 3.78. The molecule has 1 saturated heterocycles. The highest BCUT2D eigenvalue weighted by molar-refractivity contribution is 5.82. The molecule has 0 aliphatic carbocycles. The van der Waals surface area contributed by atoms with Gasteiger partial charge in [0.1, 0.15) is 0 Å². The highest BCUT2D eigenvalue weighted by Crippen LogP contribution is 1.97. The van der Waals surface area contributed by atoms with Gasteiger partial charge >= 0.3 is 0 Å². The molecule has 2 heterocycles. The molecule has 1 unspecified atom stereocenters. The van der Waals surface area contributed by atoms with Crippen molar-refractivity contribution in [2.45, 2.75) is 12.5 Å². The van der Waals surface area contributed by atoms with Crippen LogP contribution in [-0.2, 0) is 11.2 Å². The van der Waals surface area contributed by atoms with Crippen molar-refractivity contribution in [3.63, 3.8) is 0 Å². The fourth-order valence-electron chi connectivity index (χ4n) is 2.06. The topological polar surface area (TPSA) is 57.3 Å². The summed E-state index contributed by atoms with van der Waals surface area (Å²) in [7, 11) is 2.04. The van der Waals surface area contributed by atoms with Crippen LogP contribution in [0.2, 0.25) is 0 Å². The number of hydrogen-bond acceptors (Lipinski definition) is 4. The van der Waals surface area contributed by atoms with Crippen LogP contribution in [0.15, 0.2) is 24.4 Å². The second-order valence-corrected chi connectivity index (χ2v) is 4.63. The van der Waals surface area contributed by atoms with Crippen LogP contribution in [-0.4, -0.2) is 55.1 Å². The number of carbonyl (C=O) groups excluding carboxylic acids is 1. The Morgan fingerprint density at radius 1 is 1.61 bits per heavy atom. The lowest BCUT2D eigenvalue weighted by Gasteiger charge is -2.29. The third-order valence-corrected chi connectivity index (χ3v) is 3.10. The van der Waals surface area contributed by atoms with E-state index >= 15 is 0 Å². The molecule has 1 aliphatic rings. The van der Waals surface area contributed by atoms with Crippen molar-refractivity contribution in [1.82, 2.24) is 20.5 Å². The lowest BCUT2D eigenvalue weighted by atomic mass is 10.2. The maximum atomic E-state index is 11.9. The zero-order valence-electron chi connectivity index (χ0n) is 10.7. The average molecular weight is 248 g/mol. The van der Waals surface area contributed by atoms with Gasteiger partial charge < -0.3 is 15.5 Å². The summed E-state index contributed by atoms with van der Waals surface area (Å²) in [4.78, 5) is 18.3. The smallest absolute Gasteiger partial charge is 0.238 e. The molecule has 1 aliphatic heterocycles. The van der Waals surface area contributed by atoms with Crippen molar-refractivity contribution in [2.75, 3.05) is 33.2 Å². The molecule has 0 radical (unpaired) electrons. The fourth-order valence-corrected chi connectivity index (χ4v) is 2.06. The van der Waals surface area contributed by atoms with Crippen LogP contribution in [0.5, 0.6) is 0 Å². The van der Waals surface area contributed by atoms with E-state index in [4.69, 9.17) is 0 Å². The van der Waals surface area contributed by atoms with E-state index in [9.17, 15) is 4.79 Å². The Morgan fingerprint density at radius 3 is 3.22 bits per heavy atom. The molecule has 0 spiro atoms. The van der Waals surface area contributed by atoms with Gasteiger partial charge in [0.15, 0.2) is 0 Å². The predicted octanol–water partition coefficient (Wildman–Crippen LogP) is -0.356. The van der Waals surface area contributed by atoms with Crippen LogP contribution >= 0.6 is 0 Å². The van der Waals surface area contributed by atoms with Crippen LogP contribution in [0.1, 0.15) is 5.69 Å². The van der Waals surface area contributed by atoms with Crippen molar-refractivity contribution >= 4 is 5.91 Å².